The van der Waals surface area contributed by atoms with Crippen LogP contribution in [-0.2, 0) is 20.0 Å². The molecular formula is C40H52F4N16O4S2. The van der Waals surface area contributed by atoms with Crippen LogP contribution in [0.25, 0.3) is 34.1 Å². The molecule has 8 heterocycles. The topological polar surface area (TPSA) is 217 Å². The van der Waals surface area contributed by atoms with E-state index in [1.54, 1.807) is 24.5 Å². The summed E-state index contributed by atoms with van der Waals surface area (Å²) in [5.41, 5.74) is 2.14. The van der Waals surface area contributed by atoms with Crippen LogP contribution < -0.4 is 19.2 Å². The van der Waals surface area contributed by atoms with Crippen molar-refractivity contribution in [3.63, 3.8) is 0 Å². The number of hydrogen-bond donors (Lipinski definition) is 2. The van der Waals surface area contributed by atoms with Crippen LogP contribution in [0.15, 0.2) is 61.4 Å². The minimum Gasteiger partial charge on any atom is -0.351 e. The van der Waals surface area contributed by atoms with Gasteiger partial charge in [0.05, 0.1) is 36.3 Å². The molecule has 66 heavy (non-hydrogen) atoms. The van der Waals surface area contributed by atoms with E-state index in [9.17, 15) is 34.4 Å². The van der Waals surface area contributed by atoms with Gasteiger partial charge in [-0.1, -0.05) is 13.8 Å². The third-order valence-corrected chi connectivity index (χ3v) is 13.2. The fourth-order valence-corrected chi connectivity index (χ4v) is 9.33. The van der Waals surface area contributed by atoms with Crippen molar-refractivity contribution in [2.24, 2.45) is 0 Å². The van der Waals surface area contributed by atoms with Gasteiger partial charge in [-0.05, 0) is 51.2 Å². The zero-order valence-corrected chi connectivity index (χ0v) is 38.7. The van der Waals surface area contributed by atoms with E-state index in [-0.39, 0.29) is 48.6 Å². The Morgan fingerprint density at radius 1 is 0.606 bits per heavy atom. The highest BCUT2D eigenvalue weighted by Gasteiger charge is 2.36. The SMILES string of the molecule is CCN1CCN(c2cc(-c3cnc4ccc(C(F)F)nn34)ncn2)C(C)C1CNS(C)(=O)=O.CCN1CCN(c2cc(-c3cnc4ccc(C(F)F)nn34)ncn2)C(C)C1CNS(C)(=O)=O. The van der Waals surface area contributed by atoms with Crippen molar-refractivity contribution in [3.8, 4) is 22.8 Å². The summed E-state index contributed by atoms with van der Waals surface area (Å²) >= 11 is 0. The maximum atomic E-state index is 13.1. The predicted octanol–water partition coefficient (Wildman–Crippen LogP) is 3.14. The number of alkyl halides is 4. The molecule has 0 radical (unpaired) electrons. The maximum absolute atomic E-state index is 13.1. The minimum atomic E-state index is -3.32. The summed E-state index contributed by atoms with van der Waals surface area (Å²) in [6, 6.07) is 8.85. The Kier molecular flexibility index (Phi) is 14.8. The van der Waals surface area contributed by atoms with E-state index in [1.807, 2.05) is 27.7 Å². The van der Waals surface area contributed by atoms with Crippen molar-refractivity contribution in [1.82, 2.24) is 68.4 Å². The standard InChI is InChI=1S/2C20H26F2N8O2S/c2*1-4-28-7-8-29(13(2)16(28)11-26-33(3,31)32)19-9-15(24-12-25-19)17-10-23-18-6-5-14(20(21)22)27-30(17)18/h2*5-6,9-10,12-13,16,20,26H,4,7-8,11H2,1-3H3. The summed E-state index contributed by atoms with van der Waals surface area (Å²) in [7, 11) is -6.64. The maximum Gasteiger partial charge on any atom is 0.282 e. The van der Waals surface area contributed by atoms with Crippen molar-refractivity contribution in [2.45, 2.75) is 64.7 Å². The fourth-order valence-electron chi connectivity index (χ4n) is 8.39. The van der Waals surface area contributed by atoms with Gasteiger partial charge < -0.3 is 9.80 Å². The Labute approximate surface area is 379 Å². The summed E-state index contributed by atoms with van der Waals surface area (Å²) in [6.07, 6.45) is 2.83. The molecule has 6 aromatic rings. The van der Waals surface area contributed by atoms with Gasteiger partial charge in [0, 0.05) is 75.6 Å². The van der Waals surface area contributed by atoms with E-state index in [4.69, 9.17) is 0 Å². The molecule has 20 nitrogen and oxygen atoms in total. The van der Waals surface area contributed by atoms with E-state index >= 15 is 0 Å². The van der Waals surface area contributed by atoms with Gasteiger partial charge in [0.25, 0.3) is 12.9 Å². The Morgan fingerprint density at radius 3 is 1.35 bits per heavy atom. The molecule has 2 aliphatic rings. The molecule has 0 amide bonds. The Morgan fingerprint density at radius 2 is 1.00 bits per heavy atom. The van der Waals surface area contributed by atoms with Crippen molar-refractivity contribution >= 4 is 43.0 Å². The van der Waals surface area contributed by atoms with Gasteiger partial charge in [-0.2, -0.15) is 10.2 Å². The van der Waals surface area contributed by atoms with Gasteiger partial charge in [-0.25, -0.2) is 82.8 Å². The molecule has 2 saturated heterocycles. The third-order valence-electron chi connectivity index (χ3n) is 11.8. The number of fused-ring (bicyclic) bond motifs is 2. The molecule has 2 N–H and O–H groups in total. The molecule has 0 saturated carbocycles. The van der Waals surface area contributed by atoms with E-state index in [0.717, 1.165) is 38.7 Å². The number of aromatic nitrogens is 10. The summed E-state index contributed by atoms with van der Waals surface area (Å²) in [4.78, 5) is 34.7. The number of nitrogens with zero attached hydrogens (tertiary/aromatic N) is 14. The van der Waals surface area contributed by atoms with Crippen molar-refractivity contribution in [2.75, 3.05) is 74.7 Å². The summed E-state index contributed by atoms with van der Waals surface area (Å²) in [6.45, 7) is 13.2. The number of likely N-dealkylation sites (N-methyl/N-ethyl adjacent to an activating group) is 2. The van der Waals surface area contributed by atoms with Crippen molar-refractivity contribution < 1.29 is 34.4 Å². The predicted molar refractivity (Wildman–Crippen MR) is 239 cm³/mol. The smallest absolute Gasteiger partial charge is 0.282 e. The molecule has 0 aromatic carbocycles. The van der Waals surface area contributed by atoms with Gasteiger partial charge >= 0.3 is 0 Å². The van der Waals surface area contributed by atoms with Gasteiger partial charge in [-0.15, -0.1) is 0 Å². The van der Waals surface area contributed by atoms with Crippen LogP contribution in [0.3, 0.4) is 0 Å². The average molecular weight is 961 g/mol. The van der Waals surface area contributed by atoms with Crippen LogP contribution >= 0.6 is 0 Å². The number of halogens is 4. The lowest BCUT2D eigenvalue weighted by Crippen LogP contribution is -2.62. The summed E-state index contributed by atoms with van der Waals surface area (Å²) < 4.78 is 107. The van der Waals surface area contributed by atoms with E-state index in [1.165, 1.54) is 46.0 Å². The lowest BCUT2D eigenvalue weighted by atomic mass is 10.0. The first-order valence-electron chi connectivity index (χ1n) is 21.2. The molecule has 2 fully saturated rings. The lowest BCUT2D eigenvalue weighted by molar-refractivity contribution is 0.144. The number of imidazole rings is 2. The molecule has 0 spiro atoms. The Balaban J connectivity index is 0.000000196. The number of anilines is 2. The first kappa shape index (κ1) is 48.4. The highest BCUT2D eigenvalue weighted by atomic mass is 32.2. The van der Waals surface area contributed by atoms with Crippen LogP contribution in [0.1, 0.15) is 51.9 Å². The molecule has 6 aromatic heterocycles. The van der Waals surface area contributed by atoms with Gasteiger partial charge in [0.1, 0.15) is 47.1 Å². The monoisotopic (exact) mass is 960 g/mol. The van der Waals surface area contributed by atoms with Crippen LogP contribution in [0, 0.1) is 0 Å². The average Bonchev–Trinajstić information content (AvgIpc) is 3.92. The first-order valence-corrected chi connectivity index (χ1v) is 24.9. The highest BCUT2D eigenvalue weighted by molar-refractivity contribution is 7.89. The second-order valence-corrected chi connectivity index (χ2v) is 19.6. The largest absolute Gasteiger partial charge is 0.351 e. The fraction of sp³-hybridized carbons (Fsp3) is 0.500. The van der Waals surface area contributed by atoms with E-state index in [0.29, 0.717) is 58.8 Å². The van der Waals surface area contributed by atoms with Crippen LogP contribution in [0.5, 0.6) is 0 Å². The molecule has 0 aliphatic carbocycles. The molecule has 4 atom stereocenters. The Bertz CT molecular complexity index is 2660. The molecule has 356 valence electrons. The zero-order valence-electron chi connectivity index (χ0n) is 37.1. The van der Waals surface area contributed by atoms with E-state index in [2.05, 4.69) is 69.1 Å². The lowest BCUT2D eigenvalue weighted by Gasteiger charge is -2.46. The molecular weight excluding hydrogens is 909 g/mol. The van der Waals surface area contributed by atoms with Crippen molar-refractivity contribution in [3.05, 3.63) is 72.8 Å². The third kappa shape index (κ3) is 11.0. The second kappa shape index (κ2) is 20.1. The summed E-state index contributed by atoms with van der Waals surface area (Å²) in [5.74, 6) is 1.32. The van der Waals surface area contributed by atoms with Gasteiger partial charge in [0.15, 0.2) is 11.3 Å². The Hall–Kier alpha value is -5.54. The first-order chi connectivity index (χ1) is 31.3. The highest BCUT2D eigenvalue weighted by Crippen LogP contribution is 2.29. The molecule has 4 unspecified atom stereocenters. The van der Waals surface area contributed by atoms with Gasteiger partial charge in [-0.3, -0.25) is 9.80 Å². The minimum absolute atomic E-state index is 0.0403. The van der Waals surface area contributed by atoms with E-state index < -0.39 is 32.9 Å². The van der Waals surface area contributed by atoms with Crippen LogP contribution in [0.4, 0.5) is 29.2 Å². The number of sulfonamides is 2. The molecule has 8 rings (SSSR count). The second-order valence-electron chi connectivity index (χ2n) is 16.0. The van der Waals surface area contributed by atoms with Crippen LogP contribution in [-0.4, -0.2) is 165 Å². The molecule has 26 heteroatoms. The quantitative estimate of drug-likeness (QED) is 0.150. The zero-order chi connectivity index (χ0) is 47.5. The van der Waals surface area contributed by atoms with Crippen LogP contribution in [0.2, 0.25) is 0 Å². The molecule has 0 bridgehead atoms. The number of rotatable bonds is 14. The number of hydrogen-bond acceptors (Lipinski definition) is 16. The molecule has 2 aliphatic heterocycles. The normalized spacial score (nSPS) is 20.1. The van der Waals surface area contributed by atoms with Gasteiger partial charge in [0.2, 0.25) is 20.0 Å². The number of nitrogens with one attached hydrogen (secondary N) is 2. The van der Waals surface area contributed by atoms with Crippen molar-refractivity contribution in [1.29, 1.82) is 0 Å². The summed E-state index contributed by atoms with van der Waals surface area (Å²) in [5, 5.41) is 8.01. The number of piperazine rings is 2.